The molecule has 0 atom stereocenters. The molecule has 0 aliphatic carbocycles. The van der Waals surface area contributed by atoms with E-state index in [1.165, 1.54) is 16.5 Å². The maximum absolute atomic E-state index is 9.13. The van der Waals surface area contributed by atoms with Crippen molar-refractivity contribution >= 4 is 10.9 Å². The first-order valence-corrected chi connectivity index (χ1v) is 8.24. The van der Waals surface area contributed by atoms with Crippen LogP contribution in [0.3, 0.4) is 0 Å². The van der Waals surface area contributed by atoms with Gasteiger partial charge in [0.2, 0.25) is 0 Å². The van der Waals surface area contributed by atoms with Crippen LogP contribution in [-0.4, -0.2) is 38.4 Å². The van der Waals surface area contributed by atoms with Gasteiger partial charge >= 0.3 is 0 Å². The van der Waals surface area contributed by atoms with Crippen molar-refractivity contribution in [1.82, 2.24) is 19.7 Å². The molecule has 126 valence electrons. The van der Waals surface area contributed by atoms with E-state index in [4.69, 9.17) is 5.11 Å². The lowest BCUT2D eigenvalue weighted by atomic mass is 10.1. The molecule has 0 bridgehead atoms. The Labute approximate surface area is 142 Å². The number of aliphatic hydroxyl groups excluding tert-OH is 1. The summed E-state index contributed by atoms with van der Waals surface area (Å²) in [5.74, 6) is 0. The van der Waals surface area contributed by atoms with Gasteiger partial charge in [-0.2, -0.15) is 5.10 Å². The molecule has 0 saturated heterocycles. The van der Waals surface area contributed by atoms with Crippen molar-refractivity contribution in [3.63, 3.8) is 0 Å². The Morgan fingerprint density at radius 1 is 1.17 bits per heavy atom. The van der Waals surface area contributed by atoms with E-state index in [9.17, 15) is 0 Å². The number of aromatic nitrogens is 3. The van der Waals surface area contributed by atoms with E-state index in [1.54, 1.807) is 0 Å². The Kier molecular flexibility index (Phi) is 4.92. The topological polar surface area (TPSA) is 54.2 Å². The molecule has 0 aliphatic rings. The lowest BCUT2D eigenvalue weighted by molar-refractivity contribution is 0.267. The van der Waals surface area contributed by atoms with Crippen molar-refractivity contribution < 1.29 is 5.11 Å². The number of aliphatic hydroxyl groups is 1. The fourth-order valence-electron chi connectivity index (χ4n) is 3.14. The lowest BCUT2D eigenvalue weighted by Gasteiger charge is -2.17. The number of hydrogen-bond donors (Lipinski definition) is 1. The number of benzene rings is 1. The number of rotatable bonds is 6. The van der Waals surface area contributed by atoms with Crippen LogP contribution >= 0.6 is 0 Å². The minimum Gasteiger partial charge on any atom is -0.394 e. The number of fused-ring (bicyclic) bond motifs is 1. The van der Waals surface area contributed by atoms with E-state index in [-0.39, 0.29) is 6.61 Å². The van der Waals surface area contributed by atoms with Crippen LogP contribution in [0.5, 0.6) is 0 Å². The maximum atomic E-state index is 9.13. The summed E-state index contributed by atoms with van der Waals surface area (Å²) in [5, 5.41) is 14.8. The molecule has 5 nitrogen and oxygen atoms in total. The normalized spacial score (nSPS) is 11.5. The summed E-state index contributed by atoms with van der Waals surface area (Å²) in [7, 11) is 2.12. The molecule has 24 heavy (non-hydrogen) atoms. The van der Waals surface area contributed by atoms with Crippen molar-refractivity contribution in [2.75, 3.05) is 13.7 Å². The highest BCUT2D eigenvalue weighted by molar-refractivity contribution is 5.78. The SMILES string of the molecule is Cc1nn(CCO)c(C)c1CN(C)Cc1ccc2ncccc2c1. The Bertz CT molecular complexity index is 840. The van der Waals surface area contributed by atoms with Crippen LogP contribution in [0.25, 0.3) is 10.9 Å². The van der Waals surface area contributed by atoms with Gasteiger partial charge in [0, 0.05) is 35.9 Å². The monoisotopic (exact) mass is 324 g/mol. The van der Waals surface area contributed by atoms with Gasteiger partial charge in [-0.1, -0.05) is 12.1 Å². The molecule has 0 fully saturated rings. The molecule has 3 rings (SSSR count). The third-order valence-electron chi connectivity index (χ3n) is 4.39. The van der Waals surface area contributed by atoms with Crippen molar-refractivity contribution in [3.8, 4) is 0 Å². The second-order valence-corrected chi connectivity index (χ2v) is 6.30. The van der Waals surface area contributed by atoms with Gasteiger partial charge in [0.05, 0.1) is 24.4 Å². The van der Waals surface area contributed by atoms with Gasteiger partial charge in [0.15, 0.2) is 0 Å². The summed E-state index contributed by atoms with van der Waals surface area (Å²) in [6, 6.07) is 10.5. The minimum absolute atomic E-state index is 0.113. The number of aryl methyl sites for hydroxylation is 1. The van der Waals surface area contributed by atoms with Crippen molar-refractivity contribution in [3.05, 3.63) is 59.0 Å². The van der Waals surface area contributed by atoms with Crippen LogP contribution in [0.2, 0.25) is 0 Å². The molecule has 0 unspecified atom stereocenters. The summed E-state index contributed by atoms with van der Waals surface area (Å²) in [5.41, 5.74) is 5.72. The van der Waals surface area contributed by atoms with Gasteiger partial charge in [-0.25, -0.2) is 0 Å². The highest BCUT2D eigenvalue weighted by Gasteiger charge is 2.13. The molecule has 0 spiro atoms. The van der Waals surface area contributed by atoms with Crippen LogP contribution in [-0.2, 0) is 19.6 Å². The Balaban J connectivity index is 1.74. The zero-order chi connectivity index (χ0) is 17.1. The van der Waals surface area contributed by atoms with E-state index < -0.39 is 0 Å². The maximum Gasteiger partial charge on any atom is 0.0702 e. The summed E-state index contributed by atoms with van der Waals surface area (Å²) in [6.07, 6.45) is 1.82. The third kappa shape index (κ3) is 3.47. The molecular formula is C19H24N4O. The Morgan fingerprint density at radius 3 is 2.79 bits per heavy atom. The van der Waals surface area contributed by atoms with E-state index >= 15 is 0 Å². The van der Waals surface area contributed by atoms with Crippen LogP contribution in [0.15, 0.2) is 36.5 Å². The second kappa shape index (κ2) is 7.11. The molecule has 0 saturated carbocycles. The zero-order valence-electron chi connectivity index (χ0n) is 14.5. The van der Waals surface area contributed by atoms with Crippen molar-refractivity contribution in [2.45, 2.75) is 33.5 Å². The van der Waals surface area contributed by atoms with Gasteiger partial charge in [-0.3, -0.25) is 14.6 Å². The largest absolute Gasteiger partial charge is 0.394 e. The van der Waals surface area contributed by atoms with Crippen molar-refractivity contribution in [1.29, 1.82) is 0 Å². The highest BCUT2D eigenvalue weighted by Crippen LogP contribution is 2.18. The molecule has 0 amide bonds. The van der Waals surface area contributed by atoms with Crippen LogP contribution in [0.1, 0.15) is 22.5 Å². The molecule has 0 aliphatic heterocycles. The second-order valence-electron chi connectivity index (χ2n) is 6.30. The van der Waals surface area contributed by atoms with Gasteiger partial charge in [0.25, 0.3) is 0 Å². The predicted octanol–water partition coefficient (Wildman–Crippen LogP) is 2.67. The molecule has 5 heteroatoms. The molecule has 1 N–H and O–H groups in total. The molecule has 2 heterocycles. The summed E-state index contributed by atoms with van der Waals surface area (Å²) in [4.78, 5) is 6.66. The standard InChI is InChI=1S/C19H24N4O/c1-14-18(15(2)23(21-14)9-10-24)13-22(3)12-16-6-7-19-17(11-16)5-4-8-20-19/h4-8,11,24H,9-10,12-13H2,1-3H3. The fourth-order valence-corrected chi connectivity index (χ4v) is 3.14. The van der Waals surface area contributed by atoms with Gasteiger partial charge in [-0.05, 0) is 44.7 Å². The first-order valence-electron chi connectivity index (χ1n) is 8.24. The van der Waals surface area contributed by atoms with E-state index in [0.29, 0.717) is 6.54 Å². The summed E-state index contributed by atoms with van der Waals surface area (Å²) < 4.78 is 1.89. The van der Waals surface area contributed by atoms with Gasteiger partial charge < -0.3 is 5.11 Å². The Hall–Kier alpha value is -2.24. The number of pyridine rings is 1. The van der Waals surface area contributed by atoms with E-state index in [0.717, 1.165) is 30.0 Å². The van der Waals surface area contributed by atoms with Crippen LogP contribution in [0, 0.1) is 13.8 Å². The number of hydrogen-bond acceptors (Lipinski definition) is 4. The fraction of sp³-hybridized carbons (Fsp3) is 0.368. The van der Waals surface area contributed by atoms with Gasteiger partial charge in [0.1, 0.15) is 0 Å². The molecular weight excluding hydrogens is 300 g/mol. The van der Waals surface area contributed by atoms with Gasteiger partial charge in [-0.15, -0.1) is 0 Å². The molecule has 1 aromatic carbocycles. The molecule has 3 aromatic rings. The Morgan fingerprint density at radius 2 is 2.00 bits per heavy atom. The average molecular weight is 324 g/mol. The van der Waals surface area contributed by atoms with Crippen LogP contribution in [0.4, 0.5) is 0 Å². The minimum atomic E-state index is 0.113. The smallest absolute Gasteiger partial charge is 0.0702 e. The molecule has 0 radical (unpaired) electrons. The quantitative estimate of drug-likeness (QED) is 0.757. The predicted molar refractivity (Wildman–Crippen MR) is 95.7 cm³/mol. The van der Waals surface area contributed by atoms with Crippen LogP contribution < -0.4 is 0 Å². The third-order valence-corrected chi connectivity index (χ3v) is 4.39. The average Bonchev–Trinajstić information content (AvgIpc) is 2.83. The highest BCUT2D eigenvalue weighted by atomic mass is 16.3. The first kappa shape index (κ1) is 16.6. The van der Waals surface area contributed by atoms with E-state index in [1.807, 2.05) is 23.9 Å². The zero-order valence-corrected chi connectivity index (χ0v) is 14.5. The molecule has 2 aromatic heterocycles. The summed E-state index contributed by atoms with van der Waals surface area (Å²) in [6.45, 7) is 6.48. The van der Waals surface area contributed by atoms with Crippen molar-refractivity contribution in [2.24, 2.45) is 0 Å². The summed E-state index contributed by atoms with van der Waals surface area (Å²) >= 11 is 0. The van der Waals surface area contributed by atoms with E-state index in [2.05, 4.69) is 53.2 Å². The first-order chi connectivity index (χ1) is 11.6. The lowest BCUT2D eigenvalue weighted by Crippen LogP contribution is -2.18. The number of nitrogens with zero attached hydrogens (tertiary/aromatic N) is 4.